The number of nitrogens with two attached hydrogens (primary N) is 1. The summed E-state index contributed by atoms with van der Waals surface area (Å²) < 4.78 is 2.26. The molecule has 5 rings (SSSR count). The first-order chi connectivity index (χ1) is 17.3. The van der Waals surface area contributed by atoms with Crippen molar-refractivity contribution in [1.82, 2.24) is 19.4 Å². The van der Waals surface area contributed by atoms with Crippen LogP contribution in [-0.4, -0.2) is 25.3 Å². The summed E-state index contributed by atoms with van der Waals surface area (Å²) in [6.45, 7) is 0. The highest BCUT2D eigenvalue weighted by molar-refractivity contribution is 6.31. The third kappa shape index (κ3) is 4.60. The number of hydrogen-bond acceptors (Lipinski definition) is 4. The number of carbonyl (C=O) groups excluding carboxylic acids is 1. The number of fused-ring (bicyclic) bond motifs is 1. The van der Waals surface area contributed by atoms with Crippen LogP contribution < -0.4 is 11.4 Å². The van der Waals surface area contributed by atoms with E-state index in [0.29, 0.717) is 20.6 Å². The van der Waals surface area contributed by atoms with E-state index >= 15 is 0 Å². The minimum atomic E-state index is -1.03. The molecule has 2 aromatic heterocycles. The fourth-order valence-corrected chi connectivity index (χ4v) is 4.42. The molecule has 0 spiro atoms. The lowest BCUT2D eigenvalue weighted by molar-refractivity contribution is -0.121. The molecule has 0 radical (unpaired) electrons. The molecule has 0 aliphatic rings. The van der Waals surface area contributed by atoms with Gasteiger partial charge in [0.1, 0.15) is 6.04 Å². The molecule has 10 heteroatoms. The molecule has 3 aromatic carbocycles. The smallest absolute Gasteiger partial charge is 0.367 e. The van der Waals surface area contributed by atoms with Crippen molar-refractivity contribution in [2.75, 3.05) is 0 Å². The van der Waals surface area contributed by atoms with Crippen molar-refractivity contribution in [3.8, 4) is 22.3 Å². The van der Waals surface area contributed by atoms with Crippen molar-refractivity contribution in [2.45, 2.75) is 12.5 Å². The molecule has 0 aliphatic carbocycles. The van der Waals surface area contributed by atoms with Crippen molar-refractivity contribution in [3.05, 3.63) is 110 Å². The summed E-state index contributed by atoms with van der Waals surface area (Å²) in [5.74, 6) is -0.693. The summed E-state index contributed by atoms with van der Waals surface area (Å²) in [6, 6.07) is 20.4. The van der Waals surface area contributed by atoms with E-state index in [0.717, 1.165) is 26.9 Å². The van der Waals surface area contributed by atoms with E-state index in [1.54, 1.807) is 54.7 Å². The Labute approximate surface area is 220 Å². The van der Waals surface area contributed by atoms with Crippen LogP contribution in [0.5, 0.6) is 0 Å². The molecule has 2 heterocycles. The van der Waals surface area contributed by atoms with Gasteiger partial charge in [0.15, 0.2) is 5.65 Å². The van der Waals surface area contributed by atoms with Gasteiger partial charge in [0.25, 0.3) is 0 Å². The highest BCUT2D eigenvalue weighted by atomic mass is 35.5. The van der Waals surface area contributed by atoms with Gasteiger partial charge in [-0.3, -0.25) is 4.79 Å². The van der Waals surface area contributed by atoms with E-state index in [1.165, 1.54) is 4.52 Å². The summed E-state index contributed by atoms with van der Waals surface area (Å²) >= 11 is 18.2. The van der Waals surface area contributed by atoms with E-state index in [4.69, 9.17) is 40.5 Å². The Bertz CT molecular complexity index is 1630. The Morgan fingerprint density at radius 3 is 1.92 bits per heavy atom. The monoisotopic (exact) mass is 537 g/mol. The summed E-state index contributed by atoms with van der Waals surface area (Å²) in [4.78, 5) is 25.8. The second-order valence-electron chi connectivity index (χ2n) is 8.16. The van der Waals surface area contributed by atoms with Crippen LogP contribution in [0, 0.1) is 0 Å². The maximum Gasteiger partial charge on any atom is 0.367 e. The van der Waals surface area contributed by atoms with Crippen LogP contribution in [0.15, 0.2) is 83.8 Å². The van der Waals surface area contributed by atoms with E-state index in [-0.39, 0.29) is 12.1 Å². The Balaban J connectivity index is 1.72. The number of rotatable bonds is 6. The van der Waals surface area contributed by atoms with Gasteiger partial charge in [-0.15, -0.1) is 5.10 Å². The Morgan fingerprint density at radius 1 is 0.833 bits per heavy atom. The highest BCUT2D eigenvalue weighted by Gasteiger charge is 2.26. The first-order valence-corrected chi connectivity index (χ1v) is 12.0. The zero-order chi connectivity index (χ0) is 25.4. The molecule has 2 N–H and O–H groups in total. The molecule has 0 aliphatic heterocycles. The molecule has 7 nitrogen and oxygen atoms in total. The minimum absolute atomic E-state index is 0.163. The third-order valence-corrected chi connectivity index (χ3v) is 6.59. The van der Waals surface area contributed by atoms with Crippen molar-refractivity contribution in [1.29, 1.82) is 0 Å². The van der Waals surface area contributed by atoms with Gasteiger partial charge >= 0.3 is 5.69 Å². The number of hydrogen-bond donors (Lipinski definition) is 1. The normalized spacial score (nSPS) is 12.1. The minimum Gasteiger partial charge on any atom is -0.368 e. The van der Waals surface area contributed by atoms with Crippen molar-refractivity contribution >= 4 is 46.4 Å². The Morgan fingerprint density at radius 2 is 1.36 bits per heavy atom. The molecule has 1 unspecified atom stereocenters. The van der Waals surface area contributed by atoms with Gasteiger partial charge in [-0.2, -0.15) is 14.3 Å². The SMILES string of the molecule is NC(=O)C(Cc1ccc(Cl)cc1)n1nc2c(-c3ccc(Cl)cc3)c(-c3ccc(Cl)cc3)cnn2c1=O. The van der Waals surface area contributed by atoms with Crippen molar-refractivity contribution < 1.29 is 4.79 Å². The zero-order valence-corrected chi connectivity index (χ0v) is 20.9. The van der Waals surface area contributed by atoms with Gasteiger partial charge in [-0.1, -0.05) is 71.2 Å². The molecular weight excluding hydrogens is 521 g/mol. The van der Waals surface area contributed by atoms with Crippen LogP contribution in [-0.2, 0) is 11.2 Å². The third-order valence-electron chi connectivity index (χ3n) is 5.83. The average Bonchev–Trinajstić information content (AvgIpc) is 3.20. The summed E-state index contributed by atoms with van der Waals surface area (Å²) in [6.07, 6.45) is 1.75. The molecule has 0 saturated carbocycles. The lowest BCUT2D eigenvalue weighted by Gasteiger charge is -2.12. The predicted octanol–water partition coefficient (Wildman–Crippen LogP) is 5.45. The van der Waals surface area contributed by atoms with Crippen LogP contribution in [0.3, 0.4) is 0 Å². The number of carbonyl (C=O) groups is 1. The van der Waals surface area contributed by atoms with Crippen LogP contribution in [0.2, 0.25) is 15.1 Å². The van der Waals surface area contributed by atoms with E-state index in [2.05, 4.69) is 10.2 Å². The largest absolute Gasteiger partial charge is 0.368 e. The van der Waals surface area contributed by atoms with Crippen LogP contribution >= 0.6 is 34.8 Å². The average molecular weight is 539 g/mol. The lowest BCUT2D eigenvalue weighted by atomic mass is 9.97. The predicted molar refractivity (Wildman–Crippen MR) is 142 cm³/mol. The number of halogens is 3. The van der Waals surface area contributed by atoms with Gasteiger partial charge < -0.3 is 5.73 Å². The van der Waals surface area contributed by atoms with E-state index in [9.17, 15) is 9.59 Å². The zero-order valence-electron chi connectivity index (χ0n) is 18.6. The van der Waals surface area contributed by atoms with Crippen LogP contribution in [0.4, 0.5) is 0 Å². The molecular formula is C26H18Cl3N5O2. The molecule has 1 amide bonds. The Hall–Kier alpha value is -3.65. The number of aromatic nitrogens is 4. The number of primary amides is 1. The van der Waals surface area contributed by atoms with Gasteiger partial charge in [0.05, 0.1) is 6.20 Å². The maximum atomic E-state index is 13.4. The van der Waals surface area contributed by atoms with Gasteiger partial charge in [0, 0.05) is 32.6 Å². The summed E-state index contributed by atoms with van der Waals surface area (Å²) in [7, 11) is 0. The first kappa shape index (κ1) is 24.1. The lowest BCUT2D eigenvalue weighted by Crippen LogP contribution is -2.36. The molecule has 0 saturated heterocycles. The molecule has 36 heavy (non-hydrogen) atoms. The fourth-order valence-electron chi connectivity index (χ4n) is 4.04. The quantitative estimate of drug-likeness (QED) is 0.311. The van der Waals surface area contributed by atoms with E-state index < -0.39 is 17.6 Å². The van der Waals surface area contributed by atoms with Crippen LogP contribution in [0.25, 0.3) is 27.9 Å². The number of nitrogens with zero attached hydrogens (tertiary/aromatic N) is 4. The van der Waals surface area contributed by atoms with Gasteiger partial charge in [-0.25, -0.2) is 4.79 Å². The number of amides is 1. The summed E-state index contributed by atoms with van der Waals surface area (Å²) in [5.41, 5.74) is 9.16. The maximum absolute atomic E-state index is 13.4. The second-order valence-corrected chi connectivity index (χ2v) is 9.47. The fraction of sp³-hybridized carbons (Fsp3) is 0.0769. The van der Waals surface area contributed by atoms with E-state index in [1.807, 2.05) is 24.3 Å². The van der Waals surface area contributed by atoms with Gasteiger partial charge in [-0.05, 0) is 53.1 Å². The molecule has 1 atom stereocenters. The first-order valence-electron chi connectivity index (χ1n) is 10.9. The van der Waals surface area contributed by atoms with Crippen LogP contribution in [0.1, 0.15) is 11.6 Å². The Kier molecular flexibility index (Phi) is 6.53. The topological polar surface area (TPSA) is 95.3 Å². The van der Waals surface area contributed by atoms with Crippen molar-refractivity contribution in [3.63, 3.8) is 0 Å². The van der Waals surface area contributed by atoms with Gasteiger partial charge in [0.2, 0.25) is 5.91 Å². The second kappa shape index (κ2) is 9.78. The standard InChI is InChI=1S/C26H18Cl3N5O2/c27-18-7-1-15(2-8-18)13-22(24(30)35)33-26(36)34-25(32-33)23(17-5-11-20(29)12-6-17)21(14-31-34)16-3-9-19(28)10-4-16/h1-12,14,22H,13H2,(H2,30,35). The molecule has 0 bridgehead atoms. The summed E-state index contributed by atoms with van der Waals surface area (Å²) in [5, 5.41) is 10.6. The molecule has 5 aromatic rings. The molecule has 0 fully saturated rings. The highest BCUT2D eigenvalue weighted by Crippen LogP contribution is 2.35. The van der Waals surface area contributed by atoms with Crippen molar-refractivity contribution in [2.24, 2.45) is 5.73 Å². The number of benzene rings is 3. The molecule has 180 valence electrons.